The molecule has 4 nitrogen and oxygen atoms in total. The van der Waals surface area contributed by atoms with Crippen molar-refractivity contribution in [2.45, 2.75) is 32.2 Å². The highest BCUT2D eigenvalue weighted by Gasteiger charge is 2.35. The van der Waals surface area contributed by atoms with Gasteiger partial charge < -0.3 is 4.90 Å². The Kier molecular flexibility index (Phi) is 5.16. The Labute approximate surface area is 129 Å². The van der Waals surface area contributed by atoms with Crippen LogP contribution in [0.3, 0.4) is 0 Å². The molecule has 0 spiro atoms. The molecular weight excluding hydrogens is 312 g/mol. The van der Waals surface area contributed by atoms with Gasteiger partial charge in [-0.05, 0) is 25.0 Å². The predicted octanol–water partition coefficient (Wildman–Crippen LogP) is 2.39. The van der Waals surface area contributed by atoms with Crippen LogP contribution in [0.15, 0.2) is 18.2 Å². The monoisotopic (exact) mass is 331 g/mol. The van der Waals surface area contributed by atoms with Crippen molar-refractivity contribution in [1.82, 2.24) is 4.90 Å². The van der Waals surface area contributed by atoms with Gasteiger partial charge in [0.2, 0.25) is 0 Å². The van der Waals surface area contributed by atoms with Crippen LogP contribution in [-0.4, -0.2) is 43.3 Å². The fourth-order valence-electron chi connectivity index (χ4n) is 2.62. The first-order valence-electron chi connectivity index (χ1n) is 7.30. The number of unbranched alkanes of at least 4 members (excludes halogenated alkanes) is 1. The van der Waals surface area contributed by atoms with E-state index in [1.807, 2.05) is 6.92 Å². The topological polar surface area (TPSA) is 54.5 Å². The number of benzene rings is 1. The van der Waals surface area contributed by atoms with Gasteiger partial charge in [0.05, 0.1) is 17.1 Å². The van der Waals surface area contributed by atoms with Crippen LogP contribution in [0.2, 0.25) is 0 Å². The highest BCUT2D eigenvalue weighted by Crippen LogP contribution is 2.22. The van der Waals surface area contributed by atoms with Crippen molar-refractivity contribution < 1.29 is 22.0 Å². The predicted molar refractivity (Wildman–Crippen MR) is 79.4 cm³/mol. The molecule has 0 aromatic heterocycles. The second-order valence-electron chi connectivity index (χ2n) is 5.53. The number of hydrogen-bond donors (Lipinski definition) is 0. The molecule has 122 valence electrons. The third-order valence-corrected chi connectivity index (χ3v) is 5.57. The maximum absolute atomic E-state index is 13.8. The number of sulfone groups is 1. The molecule has 1 aliphatic heterocycles. The summed E-state index contributed by atoms with van der Waals surface area (Å²) >= 11 is 0. The first-order valence-corrected chi connectivity index (χ1v) is 9.12. The van der Waals surface area contributed by atoms with Crippen molar-refractivity contribution in [1.29, 1.82) is 0 Å². The first-order chi connectivity index (χ1) is 10.3. The molecule has 1 heterocycles. The number of carbonyl (C=O) groups is 1. The van der Waals surface area contributed by atoms with Crippen molar-refractivity contribution in [2.75, 3.05) is 18.1 Å². The third kappa shape index (κ3) is 3.82. The molecule has 1 amide bonds. The standard InChI is InChI=1S/C15H19F2NO3S/c1-2-3-7-18(12-6-8-22(20,21)10-12)15(19)13-5-4-11(16)9-14(13)17/h4-5,9,12H,2-3,6-8,10H2,1H3. The number of rotatable bonds is 5. The Balaban J connectivity index is 2.26. The second-order valence-corrected chi connectivity index (χ2v) is 7.76. The fraction of sp³-hybridized carbons (Fsp3) is 0.533. The Morgan fingerprint density at radius 3 is 2.64 bits per heavy atom. The van der Waals surface area contributed by atoms with Gasteiger partial charge in [-0.2, -0.15) is 0 Å². The molecule has 0 saturated carbocycles. The van der Waals surface area contributed by atoms with Crippen molar-refractivity contribution in [3.8, 4) is 0 Å². The zero-order chi connectivity index (χ0) is 16.3. The number of hydrogen-bond acceptors (Lipinski definition) is 3. The minimum atomic E-state index is -3.15. The van der Waals surface area contributed by atoms with Gasteiger partial charge in [0.1, 0.15) is 11.6 Å². The molecule has 7 heteroatoms. The smallest absolute Gasteiger partial charge is 0.257 e. The molecule has 0 radical (unpaired) electrons. The van der Waals surface area contributed by atoms with Crippen LogP contribution in [0.5, 0.6) is 0 Å². The summed E-state index contributed by atoms with van der Waals surface area (Å²) in [5, 5.41) is 0. The summed E-state index contributed by atoms with van der Waals surface area (Å²) < 4.78 is 50.0. The molecule has 22 heavy (non-hydrogen) atoms. The van der Waals surface area contributed by atoms with Gasteiger partial charge in [-0.1, -0.05) is 13.3 Å². The van der Waals surface area contributed by atoms with E-state index in [-0.39, 0.29) is 17.1 Å². The van der Waals surface area contributed by atoms with Crippen LogP contribution in [-0.2, 0) is 9.84 Å². The summed E-state index contributed by atoms with van der Waals surface area (Å²) in [4.78, 5) is 14.0. The molecule has 0 N–H and O–H groups in total. The molecule has 1 saturated heterocycles. The molecule has 2 rings (SSSR count). The van der Waals surface area contributed by atoms with E-state index in [2.05, 4.69) is 0 Å². The second kappa shape index (κ2) is 6.73. The van der Waals surface area contributed by atoms with Crippen molar-refractivity contribution in [3.05, 3.63) is 35.4 Å². The van der Waals surface area contributed by atoms with E-state index in [0.717, 1.165) is 18.6 Å². The van der Waals surface area contributed by atoms with Crippen LogP contribution < -0.4 is 0 Å². The normalized spacial score (nSPS) is 20.0. The van der Waals surface area contributed by atoms with Crippen molar-refractivity contribution >= 4 is 15.7 Å². The lowest BCUT2D eigenvalue weighted by Crippen LogP contribution is -2.42. The number of amides is 1. The maximum atomic E-state index is 13.8. The SMILES string of the molecule is CCCCN(C(=O)c1ccc(F)cc1F)C1CCS(=O)(=O)C1. The number of carbonyl (C=O) groups excluding carboxylic acids is 1. The summed E-state index contributed by atoms with van der Waals surface area (Å²) in [5.41, 5.74) is -0.221. The van der Waals surface area contributed by atoms with Crippen LogP contribution in [0, 0.1) is 11.6 Å². The minimum absolute atomic E-state index is 0.0411. The molecule has 1 fully saturated rings. The fourth-order valence-corrected chi connectivity index (χ4v) is 4.35. The third-order valence-electron chi connectivity index (χ3n) is 3.82. The van der Waals surface area contributed by atoms with Gasteiger partial charge in [-0.15, -0.1) is 0 Å². The zero-order valence-electron chi connectivity index (χ0n) is 12.4. The van der Waals surface area contributed by atoms with E-state index in [1.54, 1.807) is 0 Å². The van der Waals surface area contributed by atoms with E-state index in [1.165, 1.54) is 4.90 Å². The molecule has 1 aromatic rings. The van der Waals surface area contributed by atoms with E-state index in [0.29, 0.717) is 25.5 Å². The molecular formula is C15H19F2NO3S. The average molecular weight is 331 g/mol. The van der Waals surface area contributed by atoms with Gasteiger partial charge >= 0.3 is 0 Å². The Morgan fingerprint density at radius 2 is 2.09 bits per heavy atom. The minimum Gasteiger partial charge on any atom is -0.335 e. The maximum Gasteiger partial charge on any atom is 0.257 e. The summed E-state index contributed by atoms with van der Waals surface area (Å²) in [6.45, 7) is 2.32. The van der Waals surface area contributed by atoms with Crippen LogP contribution >= 0.6 is 0 Å². The number of halogens is 2. The van der Waals surface area contributed by atoms with E-state index < -0.39 is 33.4 Å². The van der Waals surface area contributed by atoms with E-state index in [4.69, 9.17) is 0 Å². The van der Waals surface area contributed by atoms with Crippen molar-refractivity contribution in [3.63, 3.8) is 0 Å². The lowest BCUT2D eigenvalue weighted by molar-refractivity contribution is 0.0689. The Bertz CT molecular complexity index is 661. The summed E-state index contributed by atoms with van der Waals surface area (Å²) in [5.74, 6) is -2.30. The molecule has 1 atom stereocenters. The lowest BCUT2D eigenvalue weighted by atomic mass is 10.1. The van der Waals surface area contributed by atoms with Gasteiger partial charge in [0.25, 0.3) is 5.91 Å². The molecule has 0 aliphatic carbocycles. The van der Waals surface area contributed by atoms with E-state index in [9.17, 15) is 22.0 Å². The lowest BCUT2D eigenvalue weighted by Gasteiger charge is -2.28. The summed E-state index contributed by atoms with van der Waals surface area (Å²) in [7, 11) is -3.15. The number of nitrogens with zero attached hydrogens (tertiary/aromatic N) is 1. The largest absolute Gasteiger partial charge is 0.335 e. The highest BCUT2D eigenvalue weighted by molar-refractivity contribution is 7.91. The highest BCUT2D eigenvalue weighted by atomic mass is 32.2. The van der Waals surface area contributed by atoms with Gasteiger partial charge in [0.15, 0.2) is 9.84 Å². The van der Waals surface area contributed by atoms with Gasteiger partial charge in [-0.25, -0.2) is 17.2 Å². The van der Waals surface area contributed by atoms with E-state index >= 15 is 0 Å². The Hall–Kier alpha value is -1.50. The molecule has 1 aromatic carbocycles. The molecule has 1 unspecified atom stereocenters. The first kappa shape index (κ1) is 16.9. The van der Waals surface area contributed by atoms with Crippen LogP contribution in [0.4, 0.5) is 8.78 Å². The zero-order valence-corrected chi connectivity index (χ0v) is 13.2. The van der Waals surface area contributed by atoms with Gasteiger partial charge in [0, 0.05) is 18.7 Å². The molecule has 0 bridgehead atoms. The quantitative estimate of drug-likeness (QED) is 0.832. The van der Waals surface area contributed by atoms with Crippen LogP contribution in [0.25, 0.3) is 0 Å². The Morgan fingerprint density at radius 1 is 1.36 bits per heavy atom. The summed E-state index contributed by atoms with van der Waals surface area (Å²) in [6.07, 6.45) is 1.89. The van der Waals surface area contributed by atoms with Crippen LogP contribution in [0.1, 0.15) is 36.5 Å². The van der Waals surface area contributed by atoms with Gasteiger partial charge in [-0.3, -0.25) is 4.79 Å². The molecule has 1 aliphatic rings. The van der Waals surface area contributed by atoms with Crippen molar-refractivity contribution in [2.24, 2.45) is 0 Å². The summed E-state index contributed by atoms with van der Waals surface area (Å²) in [6, 6.07) is 2.36. The average Bonchev–Trinajstić information content (AvgIpc) is 2.79.